The number of hydrogen-bond acceptors (Lipinski definition) is 3. The molecular formula is C20H15Cl3N2O2. The van der Waals surface area contributed by atoms with Crippen LogP contribution in [0.3, 0.4) is 0 Å². The average Bonchev–Trinajstić information content (AvgIpc) is 2.59. The Bertz CT molecular complexity index is 1080. The summed E-state index contributed by atoms with van der Waals surface area (Å²) in [4.78, 5) is 25.2. The molecule has 0 saturated carbocycles. The van der Waals surface area contributed by atoms with Crippen LogP contribution in [0.25, 0.3) is 0 Å². The molecule has 0 fully saturated rings. The number of carbonyl (C=O) groups is 1. The minimum Gasteiger partial charge on any atom is -0.288 e. The van der Waals surface area contributed by atoms with Crippen LogP contribution in [0.1, 0.15) is 32.6 Å². The van der Waals surface area contributed by atoms with Gasteiger partial charge in [-0.3, -0.25) is 9.59 Å². The molecule has 0 radical (unpaired) electrons. The Morgan fingerprint density at radius 3 is 2.37 bits per heavy atom. The van der Waals surface area contributed by atoms with Gasteiger partial charge in [0.2, 0.25) is 0 Å². The quantitative estimate of drug-likeness (QED) is 0.565. The number of nitrogens with zero attached hydrogens (tertiary/aromatic N) is 2. The highest BCUT2D eigenvalue weighted by atomic mass is 35.5. The van der Waals surface area contributed by atoms with Crippen LogP contribution in [0.4, 0.5) is 0 Å². The van der Waals surface area contributed by atoms with Gasteiger partial charge in [0.05, 0.1) is 15.6 Å². The van der Waals surface area contributed by atoms with Crippen molar-refractivity contribution in [2.75, 3.05) is 0 Å². The van der Waals surface area contributed by atoms with E-state index in [1.165, 1.54) is 16.8 Å². The smallest absolute Gasteiger partial charge is 0.270 e. The summed E-state index contributed by atoms with van der Waals surface area (Å²) >= 11 is 18.3. The van der Waals surface area contributed by atoms with Gasteiger partial charge < -0.3 is 0 Å². The molecule has 0 bridgehead atoms. The van der Waals surface area contributed by atoms with Gasteiger partial charge >= 0.3 is 0 Å². The molecule has 1 aromatic heterocycles. The van der Waals surface area contributed by atoms with Gasteiger partial charge in [-0.25, -0.2) is 4.68 Å². The molecule has 3 rings (SSSR count). The van der Waals surface area contributed by atoms with E-state index < -0.39 is 0 Å². The van der Waals surface area contributed by atoms with Crippen molar-refractivity contribution < 1.29 is 4.79 Å². The van der Waals surface area contributed by atoms with Gasteiger partial charge in [0.15, 0.2) is 5.78 Å². The lowest BCUT2D eigenvalue weighted by Gasteiger charge is -2.11. The maximum Gasteiger partial charge on any atom is 0.270 e. The molecule has 0 amide bonds. The van der Waals surface area contributed by atoms with Crippen LogP contribution in [0.15, 0.2) is 47.4 Å². The third-order valence-electron chi connectivity index (χ3n) is 4.31. The summed E-state index contributed by atoms with van der Waals surface area (Å²) in [6.07, 6.45) is 1.97. The van der Waals surface area contributed by atoms with Crippen LogP contribution in [-0.2, 0) is 13.5 Å². The highest BCUT2D eigenvalue weighted by Gasteiger charge is 2.19. The number of aromatic nitrogens is 2. The molecule has 7 heteroatoms. The fourth-order valence-corrected chi connectivity index (χ4v) is 3.79. The van der Waals surface area contributed by atoms with Crippen molar-refractivity contribution in [1.82, 2.24) is 9.78 Å². The van der Waals surface area contributed by atoms with Crippen LogP contribution in [-0.4, -0.2) is 15.6 Å². The highest BCUT2D eigenvalue weighted by molar-refractivity contribution is 6.43. The SMILES string of the molecule is Cc1ccc(C(=O)c2c(Cl)cc(Cl)cc2Cl)cc1Cc1ccnn(C)c1=O. The molecule has 4 nitrogen and oxygen atoms in total. The highest BCUT2D eigenvalue weighted by Crippen LogP contribution is 2.31. The van der Waals surface area contributed by atoms with E-state index in [4.69, 9.17) is 34.8 Å². The molecule has 2 aromatic carbocycles. The molecule has 3 aromatic rings. The van der Waals surface area contributed by atoms with Crippen LogP contribution in [0.5, 0.6) is 0 Å². The number of halogens is 3. The summed E-state index contributed by atoms with van der Waals surface area (Å²) < 4.78 is 1.28. The molecule has 1 heterocycles. The molecular weight excluding hydrogens is 407 g/mol. The van der Waals surface area contributed by atoms with Crippen molar-refractivity contribution in [3.05, 3.63) is 95.8 Å². The number of aryl methyl sites for hydroxylation is 2. The van der Waals surface area contributed by atoms with Crippen molar-refractivity contribution in [1.29, 1.82) is 0 Å². The largest absolute Gasteiger partial charge is 0.288 e. The lowest BCUT2D eigenvalue weighted by molar-refractivity contribution is 0.103. The van der Waals surface area contributed by atoms with Crippen LogP contribution < -0.4 is 5.56 Å². The molecule has 0 aliphatic rings. The lowest BCUT2D eigenvalue weighted by Crippen LogP contribution is -2.23. The van der Waals surface area contributed by atoms with Crippen molar-refractivity contribution in [2.45, 2.75) is 13.3 Å². The second-order valence-corrected chi connectivity index (χ2v) is 7.43. The molecule has 0 aliphatic carbocycles. The summed E-state index contributed by atoms with van der Waals surface area (Å²) in [6.45, 7) is 1.93. The first-order chi connectivity index (χ1) is 12.8. The van der Waals surface area contributed by atoms with Crippen LogP contribution in [0.2, 0.25) is 15.1 Å². The Morgan fingerprint density at radius 1 is 1.04 bits per heavy atom. The number of hydrogen-bond donors (Lipinski definition) is 0. The van der Waals surface area contributed by atoms with Gasteiger partial charge in [-0.1, -0.05) is 46.9 Å². The summed E-state index contributed by atoms with van der Waals surface area (Å²) in [5, 5.41) is 4.68. The Hall–Kier alpha value is -2.14. The topological polar surface area (TPSA) is 52.0 Å². The van der Waals surface area contributed by atoms with Crippen molar-refractivity contribution in [3.8, 4) is 0 Å². The van der Waals surface area contributed by atoms with E-state index in [2.05, 4.69) is 5.10 Å². The number of rotatable bonds is 4. The molecule has 0 atom stereocenters. The third kappa shape index (κ3) is 4.08. The van der Waals surface area contributed by atoms with E-state index >= 15 is 0 Å². The molecule has 27 heavy (non-hydrogen) atoms. The molecule has 0 N–H and O–H groups in total. The minimum absolute atomic E-state index is 0.169. The van der Waals surface area contributed by atoms with E-state index in [1.807, 2.05) is 13.0 Å². The maximum absolute atomic E-state index is 12.9. The van der Waals surface area contributed by atoms with E-state index in [0.717, 1.165) is 11.1 Å². The number of carbonyl (C=O) groups excluding carboxylic acids is 1. The van der Waals surface area contributed by atoms with E-state index in [-0.39, 0.29) is 27.0 Å². The first kappa shape index (κ1) is 19.6. The predicted octanol–water partition coefficient (Wildman–Crippen LogP) is 4.87. The van der Waals surface area contributed by atoms with Crippen LogP contribution >= 0.6 is 34.8 Å². The molecule has 0 spiro atoms. The summed E-state index contributed by atoms with van der Waals surface area (Å²) in [7, 11) is 1.60. The molecule has 0 unspecified atom stereocenters. The molecule has 0 saturated heterocycles. The fraction of sp³-hybridized carbons (Fsp3) is 0.150. The minimum atomic E-state index is -0.300. The van der Waals surface area contributed by atoms with E-state index in [0.29, 0.717) is 22.6 Å². The zero-order valence-corrected chi connectivity index (χ0v) is 16.9. The van der Waals surface area contributed by atoms with Crippen molar-refractivity contribution in [3.63, 3.8) is 0 Å². The Balaban J connectivity index is 2.02. The zero-order valence-electron chi connectivity index (χ0n) is 14.6. The summed E-state index contributed by atoms with van der Waals surface area (Å²) in [5.74, 6) is -0.300. The fourth-order valence-electron chi connectivity index (χ4n) is 2.80. The summed E-state index contributed by atoms with van der Waals surface area (Å²) in [5.41, 5.74) is 2.91. The van der Waals surface area contributed by atoms with Gasteiger partial charge in [-0.15, -0.1) is 0 Å². The monoisotopic (exact) mass is 420 g/mol. The maximum atomic E-state index is 12.9. The first-order valence-electron chi connectivity index (χ1n) is 8.08. The standard InChI is InChI=1S/C20H15Cl3N2O2/c1-11-3-4-12(19(26)18-16(22)9-15(21)10-17(18)23)7-14(11)8-13-5-6-24-25(2)20(13)27/h3-7,9-10H,8H2,1-2H3. The van der Waals surface area contributed by atoms with Crippen molar-refractivity contribution >= 4 is 40.6 Å². The van der Waals surface area contributed by atoms with Gasteiger partial charge in [-0.05, 0) is 42.3 Å². The second kappa shape index (κ2) is 7.85. The van der Waals surface area contributed by atoms with Crippen LogP contribution in [0, 0.1) is 6.92 Å². The van der Waals surface area contributed by atoms with E-state index in [1.54, 1.807) is 31.4 Å². The van der Waals surface area contributed by atoms with Gasteiger partial charge in [0, 0.05) is 35.8 Å². The zero-order chi connectivity index (χ0) is 19.7. The molecule has 138 valence electrons. The lowest BCUT2D eigenvalue weighted by atomic mass is 9.95. The Labute approximate surface area is 171 Å². The van der Waals surface area contributed by atoms with Crippen molar-refractivity contribution in [2.24, 2.45) is 7.05 Å². The van der Waals surface area contributed by atoms with E-state index in [9.17, 15) is 9.59 Å². The predicted molar refractivity (Wildman–Crippen MR) is 108 cm³/mol. The summed E-state index contributed by atoms with van der Waals surface area (Å²) in [6, 6.07) is 9.97. The normalized spacial score (nSPS) is 10.9. The number of ketones is 1. The third-order valence-corrected chi connectivity index (χ3v) is 5.12. The Morgan fingerprint density at radius 2 is 1.70 bits per heavy atom. The van der Waals surface area contributed by atoms with Gasteiger partial charge in [0.25, 0.3) is 5.56 Å². The molecule has 0 aliphatic heterocycles. The Kier molecular flexibility index (Phi) is 5.70. The van der Waals surface area contributed by atoms with Gasteiger partial charge in [0.1, 0.15) is 0 Å². The average molecular weight is 422 g/mol. The second-order valence-electron chi connectivity index (χ2n) is 6.18. The number of benzene rings is 2. The first-order valence-corrected chi connectivity index (χ1v) is 9.21. The van der Waals surface area contributed by atoms with Gasteiger partial charge in [-0.2, -0.15) is 5.10 Å².